The van der Waals surface area contributed by atoms with Crippen LogP contribution in [0.5, 0.6) is 0 Å². The number of piperidine rings is 1. The number of aromatic nitrogens is 4. The number of benzene rings is 1. The van der Waals surface area contributed by atoms with Crippen molar-refractivity contribution in [2.45, 2.75) is 31.7 Å². The van der Waals surface area contributed by atoms with Gasteiger partial charge >= 0.3 is 0 Å². The third-order valence-corrected chi connectivity index (χ3v) is 5.45. The molecule has 6 nitrogen and oxygen atoms in total. The molecule has 0 N–H and O–H groups in total. The highest BCUT2D eigenvalue weighted by Gasteiger charge is 2.29. The van der Waals surface area contributed by atoms with Crippen molar-refractivity contribution in [3.05, 3.63) is 60.4 Å². The van der Waals surface area contributed by atoms with Gasteiger partial charge in [-0.15, -0.1) is 10.2 Å². The van der Waals surface area contributed by atoms with Crippen molar-refractivity contribution < 1.29 is 4.42 Å². The number of fused-ring (bicyclic) bond motifs is 2. The fraction of sp³-hybridized carbons (Fsp3) is 0.350. The summed E-state index contributed by atoms with van der Waals surface area (Å²) in [5, 5.41) is 8.73. The van der Waals surface area contributed by atoms with E-state index in [1.807, 2.05) is 42.5 Å². The first-order chi connectivity index (χ1) is 12.8. The zero-order valence-corrected chi connectivity index (χ0v) is 14.7. The van der Waals surface area contributed by atoms with Crippen molar-refractivity contribution in [1.29, 1.82) is 0 Å². The van der Waals surface area contributed by atoms with Crippen LogP contribution >= 0.6 is 0 Å². The van der Waals surface area contributed by atoms with Gasteiger partial charge in [0.15, 0.2) is 11.2 Å². The number of hydrogen-bond donors (Lipinski definition) is 0. The summed E-state index contributed by atoms with van der Waals surface area (Å²) in [6.07, 6.45) is 4.19. The Hall–Kier alpha value is -2.73. The van der Waals surface area contributed by atoms with E-state index in [0.717, 1.165) is 54.4 Å². The molecule has 4 aromatic rings. The lowest BCUT2D eigenvalue weighted by Gasteiger charge is -2.34. The molecule has 0 radical (unpaired) electrons. The van der Waals surface area contributed by atoms with E-state index in [0.29, 0.717) is 5.92 Å². The molecule has 4 heterocycles. The van der Waals surface area contributed by atoms with Crippen molar-refractivity contribution in [3.8, 4) is 0 Å². The summed E-state index contributed by atoms with van der Waals surface area (Å²) in [6.45, 7) is 4.19. The van der Waals surface area contributed by atoms with Gasteiger partial charge in [-0.1, -0.05) is 18.2 Å². The van der Waals surface area contributed by atoms with Crippen molar-refractivity contribution in [3.63, 3.8) is 0 Å². The van der Waals surface area contributed by atoms with Crippen LogP contribution in [0.1, 0.15) is 43.4 Å². The number of likely N-dealkylation sites (tertiary alicyclic amines) is 1. The minimum atomic E-state index is 0.179. The molecular formula is C20H21N5O. The SMILES string of the molecule is CC(c1nc2ccccc2o1)N1CCC(c2nnc3ccccn23)CC1. The Morgan fingerprint density at radius 1 is 1.04 bits per heavy atom. The van der Waals surface area contributed by atoms with Gasteiger partial charge in [-0.3, -0.25) is 9.30 Å². The smallest absolute Gasteiger partial charge is 0.212 e. The summed E-state index contributed by atoms with van der Waals surface area (Å²) in [5.74, 6) is 2.33. The van der Waals surface area contributed by atoms with Gasteiger partial charge in [-0.2, -0.15) is 0 Å². The molecule has 0 amide bonds. The number of pyridine rings is 1. The van der Waals surface area contributed by atoms with Gasteiger partial charge in [-0.25, -0.2) is 4.98 Å². The molecule has 0 aliphatic carbocycles. The Kier molecular flexibility index (Phi) is 3.71. The largest absolute Gasteiger partial charge is 0.439 e. The number of oxazole rings is 1. The van der Waals surface area contributed by atoms with Gasteiger partial charge < -0.3 is 4.42 Å². The number of nitrogens with zero attached hydrogens (tertiary/aromatic N) is 5. The van der Waals surface area contributed by atoms with Crippen LogP contribution in [0.15, 0.2) is 53.1 Å². The van der Waals surface area contributed by atoms with Crippen LogP contribution in [0.3, 0.4) is 0 Å². The summed E-state index contributed by atoms with van der Waals surface area (Å²) in [6, 6.07) is 14.2. The van der Waals surface area contributed by atoms with Crippen molar-refractivity contribution >= 4 is 16.7 Å². The minimum absolute atomic E-state index is 0.179. The molecule has 5 rings (SSSR count). The van der Waals surface area contributed by atoms with Gasteiger partial charge in [0.2, 0.25) is 5.89 Å². The van der Waals surface area contributed by atoms with Crippen LogP contribution in [-0.4, -0.2) is 37.6 Å². The molecule has 1 atom stereocenters. The molecule has 0 spiro atoms. The maximum absolute atomic E-state index is 5.96. The maximum atomic E-state index is 5.96. The van der Waals surface area contributed by atoms with Gasteiger partial charge in [0.1, 0.15) is 11.3 Å². The second-order valence-corrected chi connectivity index (χ2v) is 6.99. The molecule has 1 unspecified atom stereocenters. The quantitative estimate of drug-likeness (QED) is 0.564. The van der Waals surface area contributed by atoms with Gasteiger partial charge in [0.05, 0.1) is 6.04 Å². The summed E-state index contributed by atoms with van der Waals surface area (Å²) in [4.78, 5) is 7.11. The molecule has 1 aromatic carbocycles. The lowest BCUT2D eigenvalue weighted by molar-refractivity contribution is 0.142. The molecule has 1 aliphatic heterocycles. The van der Waals surface area contributed by atoms with E-state index in [1.54, 1.807) is 0 Å². The highest BCUT2D eigenvalue weighted by Crippen LogP contribution is 2.32. The first-order valence-corrected chi connectivity index (χ1v) is 9.19. The number of rotatable bonds is 3. The van der Waals surface area contributed by atoms with Gasteiger partial charge in [0.25, 0.3) is 0 Å². The van der Waals surface area contributed by atoms with E-state index in [1.165, 1.54) is 0 Å². The molecule has 3 aromatic heterocycles. The van der Waals surface area contributed by atoms with Crippen molar-refractivity contribution in [2.75, 3.05) is 13.1 Å². The second-order valence-electron chi connectivity index (χ2n) is 6.99. The van der Waals surface area contributed by atoms with E-state index >= 15 is 0 Å². The lowest BCUT2D eigenvalue weighted by Crippen LogP contribution is -2.35. The fourth-order valence-corrected chi connectivity index (χ4v) is 3.91. The summed E-state index contributed by atoms with van der Waals surface area (Å²) in [5.41, 5.74) is 2.71. The van der Waals surface area contributed by atoms with Crippen LogP contribution in [0, 0.1) is 0 Å². The molecule has 26 heavy (non-hydrogen) atoms. The molecule has 0 saturated carbocycles. The average Bonchev–Trinajstić information content (AvgIpc) is 3.32. The first-order valence-electron chi connectivity index (χ1n) is 9.19. The van der Waals surface area contributed by atoms with Crippen LogP contribution in [0.25, 0.3) is 16.7 Å². The van der Waals surface area contributed by atoms with Crippen LogP contribution in [0.4, 0.5) is 0 Å². The lowest BCUT2D eigenvalue weighted by atomic mass is 9.95. The van der Waals surface area contributed by atoms with Crippen LogP contribution in [0.2, 0.25) is 0 Å². The molecular weight excluding hydrogens is 326 g/mol. The Labute approximate surface area is 151 Å². The number of para-hydroxylation sites is 2. The zero-order chi connectivity index (χ0) is 17.5. The summed E-state index contributed by atoms with van der Waals surface area (Å²) < 4.78 is 8.08. The van der Waals surface area contributed by atoms with E-state index in [4.69, 9.17) is 4.42 Å². The van der Waals surface area contributed by atoms with Gasteiger partial charge in [-0.05, 0) is 57.1 Å². The van der Waals surface area contributed by atoms with Crippen LogP contribution < -0.4 is 0 Å². The fourth-order valence-electron chi connectivity index (χ4n) is 3.91. The normalized spacial score (nSPS) is 17.9. The number of hydrogen-bond acceptors (Lipinski definition) is 5. The van der Waals surface area contributed by atoms with E-state index in [2.05, 4.69) is 37.6 Å². The molecule has 6 heteroatoms. The van der Waals surface area contributed by atoms with Gasteiger partial charge in [0, 0.05) is 12.1 Å². The van der Waals surface area contributed by atoms with E-state index in [9.17, 15) is 0 Å². The topological polar surface area (TPSA) is 59.5 Å². The average molecular weight is 347 g/mol. The third kappa shape index (κ3) is 2.57. The first kappa shape index (κ1) is 15.5. The maximum Gasteiger partial charge on any atom is 0.212 e. The Balaban J connectivity index is 1.32. The van der Waals surface area contributed by atoms with E-state index in [-0.39, 0.29) is 6.04 Å². The minimum Gasteiger partial charge on any atom is -0.439 e. The summed E-state index contributed by atoms with van der Waals surface area (Å²) in [7, 11) is 0. The predicted octanol–water partition coefficient (Wildman–Crippen LogP) is 3.81. The monoisotopic (exact) mass is 347 g/mol. The highest BCUT2D eigenvalue weighted by molar-refractivity contribution is 5.72. The van der Waals surface area contributed by atoms with Crippen molar-refractivity contribution in [2.24, 2.45) is 0 Å². The molecule has 0 bridgehead atoms. The van der Waals surface area contributed by atoms with Crippen molar-refractivity contribution in [1.82, 2.24) is 24.5 Å². The molecule has 1 fully saturated rings. The Morgan fingerprint density at radius 3 is 2.69 bits per heavy atom. The molecule has 1 aliphatic rings. The van der Waals surface area contributed by atoms with E-state index < -0.39 is 0 Å². The zero-order valence-electron chi connectivity index (χ0n) is 14.7. The summed E-state index contributed by atoms with van der Waals surface area (Å²) >= 11 is 0. The molecule has 1 saturated heterocycles. The Bertz CT molecular complexity index is 1010. The standard InChI is InChI=1S/C20H21N5O/c1-14(20-21-16-6-2-3-7-17(16)26-20)24-12-9-15(10-13-24)19-23-22-18-8-4-5-11-25(18)19/h2-8,11,14-15H,9-10,12-13H2,1H3. The Morgan fingerprint density at radius 2 is 1.85 bits per heavy atom. The second kappa shape index (κ2) is 6.21. The molecule has 132 valence electrons. The predicted molar refractivity (Wildman–Crippen MR) is 99.0 cm³/mol. The third-order valence-electron chi connectivity index (χ3n) is 5.45. The highest BCUT2D eigenvalue weighted by atomic mass is 16.3. The van der Waals surface area contributed by atoms with Crippen LogP contribution in [-0.2, 0) is 0 Å².